The Bertz CT molecular complexity index is 860. The molecule has 2 atom stereocenters. The molecule has 1 N–H and O–H groups in total. The summed E-state index contributed by atoms with van der Waals surface area (Å²) < 4.78 is 10.9. The second kappa shape index (κ2) is 7.58. The van der Waals surface area contributed by atoms with Gasteiger partial charge in [-0.2, -0.15) is 0 Å². The van der Waals surface area contributed by atoms with Gasteiger partial charge in [-0.3, -0.25) is 0 Å². The highest BCUT2D eigenvalue weighted by molar-refractivity contribution is 5.83. The Balaban J connectivity index is 1.82. The van der Waals surface area contributed by atoms with Crippen LogP contribution < -0.4 is 14.8 Å². The predicted molar refractivity (Wildman–Crippen MR) is 103 cm³/mol. The van der Waals surface area contributed by atoms with Gasteiger partial charge in [0.1, 0.15) is 11.5 Å². The molecule has 0 heterocycles. The lowest BCUT2D eigenvalue weighted by Crippen LogP contribution is -2.23. The van der Waals surface area contributed by atoms with Gasteiger partial charge in [-0.1, -0.05) is 36.4 Å². The second-order valence-electron chi connectivity index (χ2n) is 6.32. The molecule has 3 aromatic rings. The van der Waals surface area contributed by atoms with Gasteiger partial charge >= 0.3 is 0 Å². The molecule has 3 heteroatoms. The number of ether oxygens (including phenoxy) is 2. The van der Waals surface area contributed by atoms with Crippen molar-refractivity contribution in [1.29, 1.82) is 0 Å². The zero-order chi connectivity index (χ0) is 17.8. The standard InChI is InChI=1S/C22H25NO2/c1-15(18-10-9-17-7-5-6-8-19(17)13-18)23-16(2)21-14-20(24-3)11-12-22(21)25-4/h5-16,23H,1-4H3/t15-,16+/m0/s1. The van der Waals surface area contributed by atoms with E-state index in [1.807, 2.05) is 18.2 Å². The summed E-state index contributed by atoms with van der Waals surface area (Å²) in [5, 5.41) is 6.20. The third-order valence-electron chi connectivity index (χ3n) is 4.68. The van der Waals surface area contributed by atoms with E-state index in [-0.39, 0.29) is 12.1 Å². The number of hydrogen-bond acceptors (Lipinski definition) is 3. The van der Waals surface area contributed by atoms with Crippen LogP contribution in [-0.4, -0.2) is 14.2 Å². The third kappa shape index (κ3) is 3.77. The van der Waals surface area contributed by atoms with E-state index in [4.69, 9.17) is 9.47 Å². The van der Waals surface area contributed by atoms with Gasteiger partial charge < -0.3 is 14.8 Å². The molecule has 0 saturated carbocycles. The minimum atomic E-state index is 0.131. The second-order valence-corrected chi connectivity index (χ2v) is 6.32. The minimum Gasteiger partial charge on any atom is -0.497 e. The van der Waals surface area contributed by atoms with Crippen molar-refractivity contribution < 1.29 is 9.47 Å². The molecule has 0 fully saturated rings. The Hall–Kier alpha value is -2.52. The number of hydrogen-bond donors (Lipinski definition) is 1. The number of methoxy groups -OCH3 is 2. The maximum atomic E-state index is 5.52. The van der Waals surface area contributed by atoms with Crippen molar-refractivity contribution >= 4 is 10.8 Å². The van der Waals surface area contributed by atoms with Gasteiger partial charge in [0.05, 0.1) is 14.2 Å². The summed E-state index contributed by atoms with van der Waals surface area (Å²) in [5.41, 5.74) is 2.36. The molecule has 3 rings (SSSR count). The first-order valence-electron chi connectivity index (χ1n) is 8.59. The topological polar surface area (TPSA) is 30.5 Å². The summed E-state index contributed by atoms with van der Waals surface area (Å²) in [5.74, 6) is 1.70. The molecule has 0 spiro atoms. The van der Waals surface area contributed by atoms with Crippen molar-refractivity contribution in [2.75, 3.05) is 14.2 Å². The molecule has 3 aromatic carbocycles. The lowest BCUT2D eigenvalue weighted by molar-refractivity contribution is 0.387. The van der Waals surface area contributed by atoms with E-state index in [9.17, 15) is 0 Å². The third-order valence-corrected chi connectivity index (χ3v) is 4.68. The number of rotatable bonds is 6. The van der Waals surface area contributed by atoms with E-state index in [0.29, 0.717) is 0 Å². The monoisotopic (exact) mass is 335 g/mol. The fourth-order valence-corrected chi connectivity index (χ4v) is 3.22. The number of benzene rings is 3. The van der Waals surface area contributed by atoms with E-state index >= 15 is 0 Å². The van der Waals surface area contributed by atoms with Crippen LogP contribution in [0.15, 0.2) is 60.7 Å². The molecule has 0 aliphatic rings. The molecular formula is C22H25NO2. The minimum absolute atomic E-state index is 0.131. The van der Waals surface area contributed by atoms with Crippen molar-refractivity contribution in [3.8, 4) is 11.5 Å². The molecular weight excluding hydrogens is 310 g/mol. The Labute approximate surface area is 149 Å². The summed E-state index contributed by atoms with van der Waals surface area (Å²) in [6.45, 7) is 4.34. The fourth-order valence-electron chi connectivity index (χ4n) is 3.22. The van der Waals surface area contributed by atoms with E-state index in [1.54, 1.807) is 14.2 Å². The molecule has 0 bridgehead atoms. The molecule has 130 valence electrons. The number of fused-ring (bicyclic) bond motifs is 1. The highest BCUT2D eigenvalue weighted by Gasteiger charge is 2.16. The van der Waals surface area contributed by atoms with Crippen LogP contribution in [0.3, 0.4) is 0 Å². The van der Waals surface area contributed by atoms with E-state index < -0.39 is 0 Å². The summed E-state index contributed by atoms with van der Waals surface area (Å²) in [4.78, 5) is 0. The highest BCUT2D eigenvalue weighted by atomic mass is 16.5. The van der Waals surface area contributed by atoms with Crippen LogP contribution in [0.25, 0.3) is 10.8 Å². The van der Waals surface area contributed by atoms with Crippen molar-refractivity contribution in [1.82, 2.24) is 5.32 Å². The average molecular weight is 335 g/mol. The van der Waals surface area contributed by atoms with Gasteiger partial charge in [-0.25, -0.2) is 0 Å². The molecule has 0 saturated heterocycles. The van der Waals surface area contributed by atoms with Crippen LogP contribution in [-0.2, 0) is 0 Å². The van der Waals surface area contributed by atoms with E-state index in [2.05, 4.69) is 61.6 Å². The molecule has 0 aliphatic carbocycles. The number of nitrogens with one attached hydrogen (secondary N) is 1. The van der Waals surface area contributed by atoms with Crippen LogP contribution >= 0.6 is 0 Å². The van der Waals surface area contributed by atoms with Crippen LogP contribution in [0.1, 0.15) is 37.1 Å². The lowest BCUT2D eigenvalue weighted by Gasteiger charge is -2.23. The first-order chi connectivity index (χ1) is 12.1. The van der Waals surface area contributed by atoms with Gasteiger partial charge in [0, 0.05) is 17.6 Å². The molecule has 0 amide bonds. The van der Waals surface area contributed by atoms with Gasteiger partial charge in [-0.05, 0) is 54.4 Å². The zero-order valence-electron chi connectivity index (χ0n) is 15.2. The fraction of sp³-hybridized carbons (Fsp3) is 0.273. The summed E-state index contributed by atoms with van der Waals surface area (Å²) in [6, 6.07) is 21.3. The maximum absolute atomic E-state index is 5.52. The Morgan fingerprint density at radius 3 is 2.24 bits per heavy atom. The SMILES string of the molecule is COc1ccc(OC)c([C@@H](C)N[C@@H](C)c2ccc3ccccc3c2)c1. The first kappa shape index (κ1) is 17.3. The molecule has 0 unspecified atom stereocenters. The van der Waals surface area contributed by atoms with Crippen molar-refractivity contribution in [3.05, 3.63) is 71.8 Å². The van der Waals surface area contributed by atoms with Crippen LogP contribution in [0.2, 0.25) is 0 Å². The quantitative estimate of drug-likeness (QED) is 0.666. The Morgan fingerprint density at radius 1 is 0.760 bits per heavy atom. The normalized spacial score (nSPS) is 13.4. The average Bonchev–Trinajstić information content (AvgIpc) is 2.66. The van der Waals surface area contributed by atoms with Gasteiger partial charge in [0.15, 0.2) is 0 Å². The van der Waals surface area contributed by atoms with Crippen LogP contribution in [0.4, 0.5) is 0 Å². The van der Waals surface area contributed by atoms with Crippen molar-refractivity contribution in [2.24, 2.45) is 0 Å². The predicted octanol–water partition coefficient (Wildman–Crippen LogP) is 5.27. The van der Waals surface area contributed by atoms with E-state index in [1.165, 1.54) is 16.3 Å². The van der Waals surface area contributed by atoms with Crippen molar-refractivity contribution in [2.45, 2.75) is 25.9 Å². The molecule has 0 radical (unpaired) electrons. The first-order valence-corrected chi connectivity index (χ1v) is 8.59. The summed E-state index contributed by atoms with van der Waals surface area (Å²) in [7, 11) is 3.38. The largest absolute Gasteiger partial charge is 0.497 e. The zero-order valence-corrected chi connectivity index (χ0v) is 15.2. The van der Waals surface area contributed by atoms with Crippen LogP contribution in [0.5, 0.6) is 11.5 Å². The molecule has 0 aromatic heterocycles. The molecule has 3 nitrogen and oxygen atoms in total. The molecule has 0 aliphatic heterocycles. The smallest absolute Gasteiger partial charge is 0.123 e. The van der Waals surface area contributed by atoms with Gasteiger partial charge in [0.2, 0.25) is 0 Å². The van der Waals surface area contributed by atoms with Crippen LogP contribution in [0, 0.1) is 0 Å². The maximum Gasteiger partial charge on any atom is 0.123 e. The Kier molecular flexibility index (Phi) is 5.25. The summed E-state index contributed by atoms with van der Waals surface area (Å²) >= 11 is 0. The van der Waals surface area contributed by atoms with Gasteiger partial charge in [-0.15, -0.1) is 0 Å². The van der Waals surface area contributed by atoms with Crippen molar-refractivity contribution in [3.63, 3.8) is 0 Å². The van der Waals surface area contributed by atoms with E-state index in [0.717, 1.165) is 17.1 Å². The highest BCUT2D eigenvalue weighted by Crippen LogP contribution is 2.31. The molecule has 25 heavy (non-hydrogen) atoms. The summed E-state index contributed by atoms with van der Waals surface area (Å²) in [6.07, 6.45) is 0. The Morgan fingerprint density at radius 2 is 1.52 bits per heavy atom. The lowest BCUT2D eigenvalue weighted by atomic mass is 10.0. The van der Waals surface area contributed by atoms with Gasteiger partial charge in [0.25, 0.3) is 0 Å².